The number of anilines is 1. The molecule has 0 saturated carbocycles. The lowest BCUT2D eigenvalue weighted by atomic mass is 9.97. The lowest BCUT2D eigenvalue weighted by Gasteiger charge is -2.20. The Hall–Kier alpha value is -8.32. The van der Waals surface area contributed by atoms with Crippen LogP contribution < -0.4 is 4.90 Å². The van der Waals surface area contributed by atoms with Crippen molar-refractivity contribution in [1.29, 1.82) is 10.5 Å². The molecule has 0 N–H and O–H groups in total. The van der Waals surface area contributed by atoms with Gasteiger partial charge in [-0.05, 0) is 93.5 Å². The topological polar surface area (TPSA) is 89.9 Å². The third-order valence-corrected chi connectivity index (χ3v) is 11.0. The molecule has 0 saturated heterocycles. The van der Waals surface area contributed by atoms with Gasteiger partial charge in [-0.1, -0.05) is 127 Å². The quantitative estimate of drug-likeness (QED) is 0.159. The number of amides is 2. The van der Waals surface area contributed by atoms with Crippen molar-refractivity contribution in [3.05, 3.63) is 204 Å². The molecule has 58 heavy (non-hydrogen) atoms. The Balaban J connectivity index is 1.20. The highest BCUT2D eigenvalue weighted by atomic mass is 16.2. The summed E-state index contributed by atoms with van der Waals surface area (Å²) < 4.78 is 2.09. The van der Waals surface area contributed by atoms with Crippen molar-refractivity contribution in [3.8, 4) is 62.3 Å². The molecule has 0 aliphatic carbocycles. The highest BCUT2D eigenvalue weighted by Crippen LogP contribution is 2.43. The minimum atomic E-state index is -0.403. The normalized spacial score (nSPS) is 12.1. The van der Waals surface area contributed by atoms with Crippen LogP contribution in [0, 0.1) is 22.7 Å². The van der Waals surface area contributed by atoms with E-state index in [0.717, 1.165) is 66.3 Å². The summed E-state index contributed by atoms with van der Waals surface area (Å²) in [4.78, 5) is 31.2. The largest absolute Gasteiger partial charge is 0.308 e. The predicted molar refractivity (Wildman–Crippen MR) is 230 cm³/mol. The second-order valence-corrected chi connectivity index (χ2v) is 14.3. The summed E-state index contributed by atoms with van der Waals surface area (Å²) in [7, 11) is 0. The molecule has 2 amide bonds. The summed E-state index contributed by atoms with van der Waals surface area (Å²) in [6.07, 6.45) is 0. The second kappa shape index (κ2) is 13.8. The third kappa shape index (κ3) is 5.56. The monoisotopic (exact) mass is 742 g/mol. The Kier molecular flexibility index (Phi) is 8.11. The molecule has 6 heteroatoms. The van der Waals surface area contributed by atoms with Crippen molar-refractivity contribution in [2.45, 2.75) is 0 Å². The number of hydrogen-bond donors (Lipinski definition) is 0. The molecule has 270 valence electrons. The average Bonchev–Trinajstić information content (AvgIpc) is 3.75. The molecule has 1 aliphatic heterocycles. The van der Waals surface area contributed by atoms with E-state index in [1.807, 2.05) is 115 Å². The zero-order valence-electron chi connectivity index (χ0n) is 30.9. The molecular formula is C52H30N4O2. The molecule has 0 fully saturated rings. The highest BCUT2D eigenvalue weighted by molar-refractivity contribution is 6.36. The lowest BCUT2D eigenvalue weighted by Crippen LogP contribution is -2.30. The maximum Gasteiger partial charge on any atom is 0.268 e. The van der Waals surface area contributed by atoms with Gasteiger partial charge in [0.1, 0.15) is 0 Å². The van der Waals surface area contributed by atoms with E-state index in [2.05, 4.69) is 53.1 Å². The SMILES string of the molecule is N#Cc1ccc(-c2ccc3c4ccc(-c5ccc(C#N)cc5)cc4n(-c4cccc5c4C(=O)N(c4cc(-c6ccccc6)ccc4-c4ccccc4)C5=O)c3c2)cc1. The average molecular weight is 743 g/mol. The fraction of sp³-hybridized carbons (Fsp3) is 0. The van der Waals surface area contributed by atoms with Crippen molar-refractivity contribution in [2.24, 2.45) is 0 Å². The van der Waals surface area contributed by atoms with Gasteiger partial charge < -0.3 is 4.57 Å². The molecule has 1 aromatic heterocycles. The van der Waals surface area contributed by atoms with Gasteiger partial charge in [0.15, 0.2) is 0 Å². The molecule has 0 unspecified atom stereocenters. The van der Waals surface area contributed by atoms with Crippen LogP contribution in [0.3, 0.4) is 0 Å². The van der Waals surface area contributed by atoms with Crippen LogP contribution in [0.4, 0.5) is 5.69 Å². The first-order valence-corrected chi connectivity index (χ1v) is 18.9. The van der Waals surface area contributed by atoms with Crippen molar-refractivity contribution in [2.75, 3.05) is 4.90 Å². The van der Waals surface area contributed by atoms with Gasteiger partial charge in [-0.25, -0.2) is 4.90 Å². The number of nitriles is 2. The van der Waals surface area contributed by atoms with E-state index in [1.165, 1.54) is 4.90 Å². The molecule has 8 aromatic carbocycles. The number of benzene rings is 8. The first kappa shape index (κ1) is 34.2. The molecular weight excluding hydrogens is 713 g/mol. The fourth-order valence-corrected chi connectivity index (χ4v) is 8.17. The number of imide groups is 1. The maximum absolute atomic E-state index is 15.2. The van der Waals surface area contributed by atoms with E-state index in [0.29, 0.717) is 33.6 Å². The van der Waals surface area contributed by atoms with E-state index >= 15 is 4.79 Å². The van der Waals surface area contributed by atoms with Crippen LogP contribution in [-0.2, 0) is 0 Å². The molecule has 6 nitrogen and oxygen atoms in total. The minimum Gasteiger partial charge on any atom is -0.308 e. The Labute approximate surface area is 334 Å². The van der Waals surface area contributed by atoms with E-state index in [1.54, 1.807) is 30.3 Å². The van der Waals surface area contributed by atoms with Crippen molar-refractivity contribution < 1.29 is 9.59 Å². The Morgan fingerprint density at radius 1 is 0.379 bits per heavy atom. The van der Waals surface area contributed by atoms with E-state index in [-0.39, 0.29) is 5.91 Å². The first-order chi connectivity index (χ1) is 28.5. The van der Waals surface area contributed by atoms with Crippen molar-refractivity contribution in [3.63, 3.8) is 0 Å². The third-order valence-electron chi connectivity index (χ3n) is 11.0. The molecule has 0 bridgehead atoms. The number of carbonyl (C=O) groups is 2. The van der Waals surface area contributed by atoms with Crippen LogP contribution in [-0.4, -0.2) is 16.4 Å². The van der Waals surface area contributed by atoms with E-state index in [9.17, 15) is 15.3 Å². The maximum atomic E-state index is 15.2. The summed E-state index contributed by atoms with van der Waals surface area (Å²) in [6.45, 7) is 0. The van der Waals surface area contributed by atoms with Crippen molar-refractivity contribution in [1.82, 2.24) is 4.57 Å². The Morgan fingerprint density at radius 2 is 0.862 bits per heavy atom. The minimum absolute atomic E-state index is 0.322. The van der Waals surface area contributed by atoms with Crippen LogP contribution in [0.1, 0.15) is 31.8 Å². The summed E-state index contributed by atoms with van der Waals surface area (Å²) in [5.41, 5.74) is 11.9. The zero-order valence-corrected chi connectivity index (χ0v) is 30.9. The number of carbonyl (C=O) groups excluding carboxylic acids is 2. The van der Waals surface area contributed by atoms with Crippen LogP contribution in [0.15, 0.2) is 182 Å². The fourth-order valence-electron chi connectivity index (χ4n) is 8.17. The van der Waals surface area contributed by atoms with E-state index in [4.69, 9.17) is 0 Å². The number of fused-ring (bicyclic) bond motifs is 4. The second-order valence-electron chi connectivity index (χ2n) is 14.3. The summed E-state index contributed by atoms with van der Waals surface area (Å²) in [5.74, 6) is -0.791. The molecule has 0 atom stereocenters. The van der Waals surface area contributed by atoms with Gasteiger partial charge in [0.25, 0.3) is 11.8 Å². The Bertz CT molecular complexity index is 3090. The van der Waals surface area contributed by atoms with Crippen LogP contribution in [0.25, 0.3) is 72.0 Å². The molecule has 9 aromatic rings. The molecule has 0 radical (unpaired) electrons. The predicted octanol–water partition coefficient (Wildman–Crippen LogP) is 12.0. The summed E-state index contributed by atoms with van der Waals surface area (Å²) in [6, 6.07) is 63.1. The molecule has 2 heterocycles. The number of nitrogens with zero attached hydrogens (tertiary/aromatic N) is 4. The first-order valence-electron chi connectivity index (χ1n) is 18.9. The summed E-state index contributed by atoms with van der Waals surface area (Å²) in [5, 5.41) is 20.8. The van der Waals surface area contributed by atoms with Crippen LogP contribution in [0.5, 0.6) is 0 Å². The van der Waals surface area contributed by atoms with Crippen LogP contribution in [0.2, 0.25) is 0 Å². The van der Waals surface area contributed by atoms with Gasteiger partial charge in [0, 0.05) is 16.3 Å². The number of hydrogen-bond acceptors (Lipinski definition) is 4. The Morgan fingerprint density at radius 3 is 1.41 bits per heavy atom. The molecule has 1 aliphatic rings. The van der Waals surface area contributed by atoms with Gasteiger partial charge >= 0.3 is 0 Å². The van der Waals surface area contributed by atoms with Gasteiger partial charge in [-0.3, -0.25) is 9.59 Å². The highest BCUT2D eigenvalue weighted by Gasteiger charge is 2.40. The van der Waals surface area contributed by atoms with E-state index < -0.39 is 5.91 Å². The number of rotatable bonds is 6. The van der Waals surface area contributed by atoms with Crippen molar-refractivity contribution >= 4 is 39.3 Å². The standard InChI is InChI=1S/C52H30N4O2/c53-31-33-14-18-36(19-15-33)40-23-26-43-44-27-24-41(37-20-16-34(32-54)17-21-37)30-49(44)55(48(43)29-40)46-13-7-12-45-50(46)52(58)56(51(45)57)47-28-39(35-8-3-1-4-9-35)22-25-42(47)38-10-5-2-6-11-38/h1-30H. The van der Waals surface area contributed by atoms with Gasteiger partial charge in [0.05, 0.1) is 56.8 Å². The van der Waals surface area contributed by atoms with Gasteiger partial charge in [-0.2, -0.15) is 10.5 Å². The van der Waals surface area contributed by atoms with Gasteiger partial charge in [0.2, 0.25) is 0 Å². The molecule has 0 spiro atoms. The zero-order chi connectivity index (χ0) is 39.3. The summed E-state index contributed by atoms with van der Waals surface area (Å²) >= 11 is 0. The smallest absolute Gasteiger partial charge is 0.268 e. The number of aromatic nitrogens is 1. The lowest BCUT2D eigenvalue weighted by molar-refractivity contribution is 0.0926. The molecule has 10 rings (SSSR count). The van der Waals surface area contributed by atoms with Crippen LogP contribution >= 0.6 is 0 Å². The van der Waals surface area contributed by atoms with Gasteiger partial charge in [-0.15, -0.1) is 0 Å².